The summed E-state index contributed by atoms with van der Waals surface area (Å²) in [7, 11) is 0. The molecule has 0 saturated carbocycles. The molecular formula is C19H22ClN5. The van der Waals surface area contributed by atoms with Crippen LogP contribution in [0.15, 0.2) is 42.6 Å². The lowest BCUT2D eigenvalue weighted by Gasteiger charge is -2.16. The molecular weight excluding hydrogens is 334 g/mol. The lowest BCUT2D eigenvalue weighted by atomic mass is 10.0. The van der Waals surface area contributed by atoms with E-state index in [2.05, 4.69) is 22.0 Å². The number of aromatic nitrogens is 3. The fraction of sp³-hybridized carbons (Fsp3) is 0.368. The number of rotatable bonds is 5. The van der Waals surface area contributed by atoms with Gasteiger partial charge in [-0.3, -0.25) is 4.90 Å². The first-order valence-electron chi connectivity index (χ1n) is 8.73. The Hall–Kier alpha value is -1.95. The molecule has 1 fully saturated rings. The average molecular weight is 356 g/mol. The molecule has 1 atom stereocenters. The largest absolute Gasteiger partial charge is 0.329 e. The molecule has 1 aliphatic rings. The van der Waals surface area contributed by atoms with E-state index in [1.165, 1.54) is 5.56 Å². The summed E-state index contributed by atoms with van der Waals surface area (Å²) in [5, 5.41) is 6.84. The molecule has 1 aromatic carbocycles. The van der Waals surface area contributed by atoms with Crippen LogP contribution >= 0.6 is 11.6 Å². The highest BCUT2D eigenvalue weighted by atomic mass is 35.5. The highest BCUT2D eigenvalue weighted by molar-refractivity contribution is 6.31. The summed E-state index contributed by atoms with van der Waals surface area (Å²) in [5.74, 6) is 0.424. The van der Waals surface area contributed by atoms with Crippen LogP contribution in [0.25, 0.3) is 11.0 Å². The summed E-state index contributed by atoms with van der Waals surface area (Å²) < 4.78 is 1.95. The SMILES string of the molecule is NCCn1nc([C@@H]2CCN(Cc3ccccc3Cl)C2)c2cccnc21. The number of fused-ring (bicyclic) bond motifs is 1. The second-order valence-corrected chi connectivity index (χ2v) is 6.99. The van der Waals surface area contributed by atoms with E-state index in [0.717, 1.165) is 47.8 Å². The zero-order chi connectivity index (χ0) is 17.2. The maximum absolute atomic E-state index is 6.31. The van der Waals surface area contributed by atoms with Crippen LogP contribution in [0.3, 0.4) is 0 Å². The fourth-order valence-electron chi connectivity index (χ4n) is 3.68. The van der Waals surface area contributed by atoms with E-state index in [9.17, 15) is 0 Å². The molecule has 5 nitrogen and oxygen atoms in total. The molecule has 6 heteroatoms. The molecule has 0 spiro atoms. The highest BCUT2D eigenvalue weighted by Gasteiger charge is 2.28. The molecule has 1 saturated heterocycles. The molecule has 3 aromatic rings. The Kier molecular flexibility index (Phi) is 4.70. The molecule has 0 amide bonds. The van der Waals surface area contributed by atoms with Gasteiger partial charge >= 0.3 is 0 Å². The van der Waals surface area contributed by atoms with E-state index in [1.807, 2.05) is 35.1 Å². The van der Waals surface area contributed by atoms with Crippen LogP contribution in [0.1, 0.15) is 23.6 Å². The molecule has 0 radical (unpaired) electrons. The molecule has 4 rings (SSSR count). The van der Waals surface area contributed by atoms with Crippen LogP contribution in [0.4, 0.5) is 0 Å². The van der Waals surface area contributed by atoms with Gasteiger partial charge in [-0.05, 0) is 36.7 Å². The number of pyridine rings is 1. The Morgan fingerprint density at radius 1 is 1.20 bits per heavy atom. The first kappa shape index (κ1) is 16.5. The van der Waals surface area contributed by atoms with Gasteiger partial charge in [0, 0.05) is 42.2 Å². The molecule has 25 heavy (non-hydrogen) atoms. The maximum Gasteiger partial charge on any atom is 0.158 e. The first-order chi connectivity index (χ1) is 12.3. The second kappa shape index (κ2) is 7.12. The summed E-state index contributed by atoms with van der Waals surface area (Å²) in [6, 6.07) is 12.2. The van der Waals surface area contributed by atoms with Gasteiger partial charge in [-0.1, -0.05) is 29.8 Å². The third kappa shape index (κ3) is 3.27. The lowest BCUT2D eigenvalue weighted by molar-refractivity contribution is 0.326. The normalized spacial score (nSPS) is 18.2. The Morgan fingerprint density at radius 3 is 2.92 bits per heavy atom. The van der Waals surface area contributed by atoms with E-state index in [-0.39, 0.29) is 0 Å². The number of nitrogens with two attached hydrogens (primary N) is 1. The third-order valence-electron chi connectivity index (χ3n) is 4.89. The van der Waals surface area contributed by atoms with Gasteiger partial charge in [0.25, 0.3) is 0 Å². The summed E-state index contributed by atoms with van der Waals surface area (Å²) in [5.41, 5.74) is 9.00. The predicted molar refractivity (Wildman–Crippen MR) is 101 cm³/mol. The van der Waals surface area contributed by atoms with Crippen molar-refractivity contribution in [3.63, 3.8) is 0 Å². The number of benzene rings is 1. The molecule has 2 N–H and O–H groups in total. The van der Waals surface area contributed by atoms with Crippen LogP contribution in [0.2, 0.25) is 5.02 Å². The lowest BCUT2D eigenvalue weighted by Crippen LogP contribution is -2.20. The van der Waals surface area contributed by atoms with Crippen LogP contribution in [-0.4, -0.2) is 39.3 Å². The molecule has 3 heterocycles. The standard InChI is InChI=1S/C19H22ClN5/c20-17-6-2-1-4-14(17)12-24-10-7-15(13-24)18-16-5-3-9-22-19(16)25(23-18)11-8-21/h1-6,9,15H,7-8,10-13,21H2/t15-/m1/s1. The van der Waals surface area contributed by atoms with Gasteiger partial charge in [0.2, 0.25) is 0 Å². The average Bonchev–Trinajstić information content (AvgIpc) is 3.23. The van der Waals surface area contributed by atoms with Gasteiger partial charge in [-0.2, -0.15) is 5.10 Å². The van der Waals surface area contributed by atoms with E-state index < -0.39 is 0 Å². The predicted octanol–water partition coefficient (Wildman–Crippen LogP) is 3.03. The van der Waals surface area contributed by atoms with Crippen LogP contribution in [-0.2, 0) is 13.1 Å². The Morgan fingerprint density at radius 2 is 2.08 bits per heavy atom. The number of halogens is 1. The van der Waals surface area contributed by atoms with E-state index in [1.54, 1.807) is 0 Å². The smallest absolute Gasteiger partial charge is 0.158 e. The third-order valence-corrected chi connectivity index (χ3v) is 5.26. The molecule has 1 aliphatic heterocycles. The van der Waals surface area contributed by atoms with Gasteiger partial charge in [0.1, 0.15) is 0 Å². The summed E-state index contributed by atoms with van der Waals surface area (Å²) >= 11 is 6.31. The number of hydrogen-bond acceptors (Lipinski definition) is 4. The molecule has 0 bridgehead atoms. The van der Waals surface area contributed by atoms with Crippen molar-refractivity contribution in [3.8, 4) is 0 Å². The molecule has 0 aliphatic carbocycles. The number of likely N-dealkylation sites (tertiary alicyclic amines) is 1. The van der Waals surface area contributed by atoms with E-state index >= 15 is 0 Å². The number of hydrogen-bond donors (Lipinski definition) is 1. The van der Waals surface area contributed by atoms with Crippen molar-refractivity contribution in [3.05, 3.63) is 58.9 Å². The van der Waals surface area contributed by atoms with Gasteiger partial charge < -0.3 is 5.73 Å². The Balaban J connectivity index is 1.56. The summed E-state index contributed by atoms with van der Waals surface area (Å²) in [4.78, 5) is 6.96. The highest BCUT2D eigenvalue weighted by Crippen LogP contribution is 2.32. The van der Waals surface area contributed by atoms with Crippen LogP contribution in [0.5, 0.6) is 0 Å². The van der Waals surface area contributed by atoms with Crippen molar-refractivity contribution >= 4 is 22.6 Å². The summed E-state index contributed by atoms with van der Waals surface area (Å²) in [6.45, 7) is 4.20. The minimum absolute atomic E-state index is 0.424. The zero-order valence-electron chi connectivity index (χ0n) is 14.1. The van der Waals surface area contributed by atoms with Crippen molar-refractivity contribution in [1.82, 2.24) is 19.7 Å². The first-order valence-corrected chi connectivity index (χ1v) is 9.11. The topological polar surface area (TPSA) is 60.0 Å². The van der Waals surface area contributed by atoms with Crippen molar-refractivity contribution in [1.29, 1.82) is 0 Å². The van der Waals surface area contributed by atoms with Crippen LogP contribution < -0.4 is 5.73 Å². The van der Waals surface area contributed by atoms with Gasteiger partial charge in [-0.25, -0.2) is 9.67 Å². The van der Waals surface area contributed by atoms with E-state index in [0.29, 0.717) is 19.0 Å². The van der Waals surface area contributed by atoms with Gasteiger partial charge in [-0.15, -0.1) is 0 Å². The fourth-order valence-corrected chi connectivity index (χ4v) is 3.88. The number of nitrogens with zero attached hydrogens (tertiary/aromatic N) is 4. The quantitative estimate of drug-likeness (QED) is 0.764. The van der Waals surface area contributed by atoms with Crippen molar-refractivity contribution < 1.29 is 0 Å². The van der Waals surface area contributed by atoms with Crippen LogP contribution in [0, 0.1) is 0 Å². The second-order valence-electron chi connectivity index (χ2n) is 6.58. The summed E-state index contributed by atoms with van der Waals surface area (Å²) in [6.07, 6.45) is 2.92. The Bertz CT molecular complexity index is 875. The van der Waals surface area contributed by atoms with E-state index in [4.69, 9.17) is 22.4 Å². The van der Waals surface area contributed by atoms with Gasteiger partial charge in [0.05, 0.1) is 12.2 Å². The van der Waals surface area contributed by atoms with Crippen molar-refractivity contribution in [2.24, 2.45) is 5.73 Å². The Labute approximate surface area is 152 Å². The molecule has 0 unspecified atom stereocenters. The monoisotopic (exact) mass is 355 g/mol. The minimum atomic E-state index is 0.424. The molecule has 130 valence electrons. The zero-order valence-corrected chi connectivity index (χ0v) is 14.9. The van der Waals surface area contributed by atoms with Crippen molar-refractivity contribution in [2.45, 2.75) is 25.4 Å². The minimum Gasteiger partial charge on any atom is -0.329 e. The maximum atomic E-state index is 6.31. The molecule has 2 aromatic heterocycles. The van der Waals surface area contributed by atoms with Crippen molar-refractivity contribution in [2.75, 3.05) is 19.6 Å². The van der Waals surface area contributed by atoms with Gasteiger partial charge in [0.15, 0.2) is 5.65 Å².